The van der Waals surface area contributed by atoms with Crippen LogP contribution in [0.5, 0.6) is 0 Å². The third-order valence-electron chi connectivity index (χ3n) is 13.3. The number of carbonyl (C=O) groups is 1. The molecule has 4 heteroatoms. The van der Waals surface area contributed by atoms with Crippen molar-refractivity contribution in [3.63, 3.8) is 0 Å². The van der Waals surface area contributed by atoms with Gasteiger partial charge in [0.05, 0.1) is 19.6 Å². The summed E-state index contributed by atoms with van der Waals surface area (Å²) in [5.74, 6) is 6.05. The fourth-order valence-electron chi connectivity index (χ4n) is 10.7. The molecule has 0 unspecified atom stereocenters. The van der Waals surface area contributed by atoms with Gasteiger partial charge in [-0.15, -0.1) is 0 Å². The van der Waals surface area contributed by atoms with Crippen LogP contribution < -0.4 is 0 Å². The van der Waals surface area contributed by atoms with E-state index < -0.39 is 0 Å². The number of hydrogen-bond acceptors (Lipinski definition) is 4. The van der Waals surface area contributed by atoms with Gasteiger partial charge in [-0.1, -0.05) is 66.0 Å². The van der Waals surface area contributed by atoms with Crippen LogP contribution in [0, 0.1) is 52.3 Å². The summed E-state index contributed by atoms with van der Waals surface area (Å²) in [6.07, 6.45) is 17.6. The maximum Gasteiger partial charge on any atom is 0.307 e. The molecule has 9 atom stereocenters. The van der Waals surface area contributed by atoms with Gasteiger partial charge in [0.15, 0.2) is 0 Å². The number of allylic oxidation sites excluding steroid dienone is 1. The van der Waals surface area contributed by atoms with Gasteiger partial charge in [-0.3, -0.25) is 9.69 Å². The molecular formula is C36H61NO3. The van der Waals surface area contributed by atoms with Gasteiger partial charge in [0.1, 0.15) is 6.10 Å². The lowest BCUT2D eigenvalue weighted by molar-refractivity contribution is -0.152. The zero-order valence-electron chi connectivity index (χ0n) is 26.9. The van der Waals surface area contributed by atoms with E-state index in [1.165, 1.54) is 57.8 Å². The molecule has 5 rings (SSSR count). The SMILES string of the molecule is CC[C@H](CC[C@@H](C)[C@H]1CC[C@H]2[C@@H]3CC=C4C[C@@H](OC(=O)CCN5CCOCC5)CC[C@]4(C)[C@H]3CC[C@]12C)C(C)C. The molecule has 0 aromatic carbocycles. The Bertz CT molecular complexity index is 892. The highest BCUT2D eigenvalue weighted by Gasteiger charge is 2.59. The molecule has 4 nitrogen and oxygen atoms in total. The second-order valence-corrected chi connectivity index (χ2v) is 15.5. The summed E-state index contributed by atoms with van der Waals surface area (Å²) in [4.78, 5) is 15.0. The van der Waals surface area contributed by atoms with Crippen LogP contribution >= 0.6 is 0 Å². The van der Waals surface area contributed by atoms with Crippen molar-refractivity contribution < 1.29 is 14.3 Å². The van der Waals surface area contributed by atoms with Gasteiger partial charge in [-0.25, -0.2) is 0 Å². The summed E-state index contributed by atoms with van der Waals surface area (Å²) in [6.45, 7) is 19.3. The van der Waals surface area contributed by atoms with Crippen molar-refractivity contribution in [2.24, 2.45) is 52.3 Å². The number of fused-ring (bicyclic) bond motifs is 5. The zero-order chi connectivity index (χ0) is 28.5. The molecule has 5 aliphatic rings. The first-order valence-electron chi connectivity index (χ1n) is 17.3. The molecule has 3 saturated carbocycles. The van der Waals surface area contributed by atoms with Crippen LogP contribution in [0.15, 0.2) is 11.6 Å². The second-order valence-electron chi connectivity index (χ2n) is 15.5. The first-order valence-corrected chi connectivity index (χ1v) is 17.3. The Morgan fingerprint density at radius 1 is 1.05 bits per heavy atom. The lowest BCUT2D eigenvalue weighted by Gasteiger charge is -2.58. The normalized spacial score (nSPS) is 39.6. The van der Waals surface area contributed by atoms with E-state index in [1.54, 1.807) is 5.57 Å². The first-order chi connectivity index (χ1) is 19.2. The molecule has 0 N–H and O–H groups in total. The number of nitrogens with zero attached hydrogens (tertiary/aromatic N) is 1. The van der Waals surface area contributed by atoms with Gasteiger partial charge in [0.2, 0.25) is 0 Å². The van der Waals surface area contributed by atoms with Gasteiger partial charge in [-0.2, -0.15) is 0 Å². The molecule has 4 fully saturated rings. The van der Waals surface area contributed by atoms with Gasteiger partial charge in [0, 0.05) is 26.1 Å². The minimum atomic E-state index is -0.00687. The van der Waals surface area contributed by atoms with Crippen molar-refractivity contribution in [3.05, 3.63) is 11.6 Å². The molecule has 1 aliphatic heterocycles. The molecule has 0 spiro atoms. The summed E-state index contributed by atoms with van der Waals surface area (Å²) in [6, 6.07) is 0. The average Bonchev–Trinajstić information content (AvgIpc) is 3.30. The molecule has 0 aromatic rings. The summed E-state index contributed by atoms with van der Waals surface area (Å²) < 4.78 is 11.5. The Kier molecular flexibility index (Phi) is 9.77. The van der Waals surface area contributed by atoms with Crippen molar-refractivity contribution in [1.29, 1.82) is 0 Å². The molecular weight excluding hydrogens is 494 g/mol. The van der Waals surface area contributed by atoms with Crippen LogP contribution in [0.3, 0.4) is 0 Å². The maximum absolute atomic E-state index is 12.7. The van der Waals surface area contributed by atoms with Crippen molar-refractivity contribution in [3.8, 4) is 0 Å². The minimum absolute atomic E-state index is 0.00687. The van der Waals surface area contributed by atoms with Gasteiger partial charge in [0.25, 0.3) is 0 Å². The Morgan fingerprint density at radius 3 is 2.55 bits per heavy atom. The second kappa shape index (κ2) is 12.8. The summed E-state index contributed by atoms with van der Waals surface area (Å²) >= 11 is 0. The van der Waals surface area contributed by atoms with Crippen molar-refractivity contribution in [2.75, 3.05) is 32.8 Å². The molecule has 4 aliphatic carbocycles. The molecule has 1 saturated heterocycles. The molecule has 0 radical (unpaired) electrons. The number of hydrogen-bond donors (Lipinski definition) is 0. The highest BCUT2D eigenvalue weighted by molar-refractivity contribution is 5.69. The fourth-order valence-corrected chi connectivity index (χ4v) is 10.7. The van der Waals surface area contributed by atoms with E-state index in [9.17, 15) is 4.79 Å². The lowest BCUT2D eigenvalue weighted by Crippen LogP contribution is -2.51. The predicted molar refractivity (Wildman–Crippen MR) is 164 cm³/mol. The van der Waals surface area contributed by atoms with Gasteiger partial charge >= 0.3 is 5.97 Å². The molecule has 1 heterocycles. The molecule has 0 amide bonds. The number of carbonyl (C=O) groups excluding carboxylic acids is 1. The molecule has 0 bridgehead atoms. The Balaban J connectivity index is 1.17. The van der Waals surface area contributed by atoms with E-state index in [4.69, 9.17) is 9.47 Å². The van der Waals surface area contributed by atoms with E-state index in [-0.39, 0.29) is 12.1 Å². The first kappa shape index (κ1) is 30.6. The van der Waals surface area contributed by atoms with Crippen LogP contribution in [-0.4, -0.2) is 49.8 Å². The van der Waals surface area contributed by atoms with E-state index in [2.05, 4.69) is 52.5 Å². The number of rotatable bonds is 10. The van der Waals surface area contributed by atoms with Crippen molar-refractivity contribution in [2.45, 2.75) is 125 Å². The quantitative estimate of drug-likeness (QED) is 0.201. The smallest absolute Gasteiger partial charge is 0.307 e. The topological polar surface area (TPSA) is 38.8 Å². The van der Waals surface area contributed by atoms with Crippen LogP contribution in [0.1, 0.15) is 119 Å². The monoisotopic (exact) mass is 555 g/mol. The third-order valence-corrected chi connectivity index (χ3v) is 13.3. The van der Waals surface area contributed by atoms with Crippen LogP contribution in [-0.2, 0) is 14.3 Å². The lowest BCUT2D eigenvalue weighted by atomic mass is 9.47. The fraction of sp³-hybridized carbons (Fsp3) is 0.917. The highest BCUT2D eigenvalue weighted by Crippen LogP contribution is 2.67. The van der Waals surface area contributed by atoms with Gasteiger partial charge < -0.3 is 9.47 Å². The predicted octanol–water partition coefficient (Wildman–Crippen LogP) is 8.30. The van der Waals surface area contributed by atoms with E-state index in [1.807, 2.05) is 0 Å². The number of esters is 1. The molecule has 228 valence electrons. The maximum atomic E-state index is 12.7. The van der Waals surface area contributed by atoms with E-state index >= 15 is 0 Å². The summed E-state index contributed by atoms with van der Waals surface area (Å²) in [7, 11) is 0. The molecule has 0 aromatic heterocycles. The Hall–Kier alpha value is -0.870. The van der Waals surface area contributed by atoms with Gasteiger partial charge in [-0.05, 0) is 104 Å². The minimum Gasteiger partial charge on any atom is -0.462 e. The largest absolute Gasteiger partial charge is 0.462 e. The summed E-state index contributed by atoms with van der Waals surface area (Å²) in [5, 5.41) is 0. The van der Waals surface area contributed by atoms with Crippen LogP contribution in [0.4, 0.5) is 0 Å². The third kappa shape index (κ3) is 6.10. The Morgan fingerprint density at radius 2 is 1.82 bits per heavy atom. The number of ether oxygens (including phenoxy) is 2. The standard InChI is InChI=1S/C36H61NO3/c1-7-27(25(2)3)9-8-26(4)31-12-13-32-30-11-10-28-24-29(40-34(38)16-19-37-20-22-39-23-21-37)14-17-35(28,5)33(30)15-18-36(31,32)6/h10,25-27,29-33H,7-9,11-24H2,1-6H3/t26-,27-,29+,30+,31-,32+,33+,35+,36-/m1/s1. The highest BCUT2D eigenvalue weighted by atomic mass is 16.5. The van der Waals surface area contributed by atoms with Crippen LogP contribution in [0.2, 0.25) is 0 Å². The average molecular weight is 556 g/mol. The Labute approximate surface area is 246 Å². The zero-order valence-corrected chi connectivity index (χ0v) is 26.9. The van der Waals surface area contributed by atoms with Crippen molar-refractivity contribution in [1.82, 2.24) is 4.90 Å². The number of morpholine rings is 1. The van der Waals surface area contributed by atoms with Crippen LogP contribution in [0.25, 0.3) is 0 Å². The molecule has 40 heavy (non-hydrogen) atoms. The van der Waals surface area contributed by atoms with E-state index in [0.29, 0.717) is 17.3 Å². The van der Waals surface area contributed by atoms with Crippen molar-refractivity contribution >= 4 is 5.97 Å². The van der Waals surface area contributed by atoms with E-state index in [0.717, 1.165) is 87.1 Å². The summed E-state index contributed by atoms with van der Waals surface area (Å²) in [5.41, 5.74) is 2.47.